The van der Waals surface area contributed by atoms with Gasteiger partial charge in [-0.25, -0.2) is 14.6 Å². The van der Waals surface area contributed by atoms with Gasteiger partial charge in [0, 0.05) is 10.9 Å². The van der Waals surface area contributed by atoms with E-state index in [1.165, 1.54) is 12.1 Å². The highest BCUT2D eigenvalue weighted by Crippen LogP contribution is 2.34. The molecule has 2 heterocycles. The summed E-state index contributed by atoms with van der Waals surface area (Å²) in [5.41, 5.74) is 1.58. The summed E-state index contributed by atoms with van der Waals surface area (Å²) in [4.78, 5) is 28.2. The average Bonchev–Trinajstić information content (AvgIpc) is 3.28. The number of carbonyl (C=O) groups is 2. The van der Waals surface area contributed by atoms with Crippen LogP contribution in [0.1, 0.15) is 20.7 Å². The van der Waals surface area contributed by atoms with Gasteiger partial charge in [0.25, 0.3) is 0 Å². The number of pyridine rings is 1. The minimum absolute atomic E-state index is 0.118. The number of carboxylic acid groups (broad SMARTS) is 2. The summed E-state index contributed by atoms with van der Waals surface area (Å²) in [6.07, 6.45) is 0. The van der Waals surface area contributed by atoms with Gasteiger partial charge in [-0.15, -0.1) is 0 Å². The van der Waals surface area contributed by atoms with Crippen LogP contribution in [0, 0.1) is 0 Å². The van der Waals surface area contributed by atoms with Crippen LogP contribution in [0.25, 0.3) is 44.5 Å². The standard InChI is InChI=1S/C25H15NO5/c27-24(28)17-8-4-3-7-16(17)21-11-12-22(31-21)20-13-18(25(29)30)23-15-6-2-1-5-14(15)9-10-19(23)26-20/h1-13H,(H,27,28)(H,29,30). The first-order valence-corrected chi connectivity index (χ1v) is 9.51. The summed E-state index contributed by atoms with van der Waals surface area (Å²) in [5.74, 6) is -1.40. The average molecular weight is 409 g/mol. The minimum Gasteiger partial charge on any atom is -0.478 e. The zero-order valence-electron chi connectivity index (χ0n) is 16.1. The molecule has 0 bridgehead atoms. The third kappa shape index (κ3) is 3.11. The molecule has 3 aromatic carbocycles. The van der Waals surface area contributed by atoms with Gasteiger partial charge in [-0.1, -0.05) is 48.5 Å². The predicted molar refractivity (Wildman–Crippen MR) is 116 cm³/mol. The molecule has 31 heavy (non-hydrogen) atoms. The molecule has 0 unspecified atom stereocenters. The van der Waals surface area contributed by atoms with Crippen molar-refractivity contribution in [2.24, 2.45) is 0 Å². The van der Waals surface area contributed by atoms with Crippen molar-refractivity contribution in [2.75, 3.05) is 0 Å². The van der Waals surface area contributed by atoms with E-state index < -0.39 is 11.9 Å². The van der Waals surface area contributed by atoms with Crippen molar-refractivity contribution in [1.82, 2.24) is 4.98 Å². The molecule has 0 atom stereocenters. The van der Waals surface area contributed by atoms with Gasteiger partial charge in [-0.3, -0.25) is 0 Å². The first kappa shape index (κ1) is 18.6. The van der Waals surface area contributed by atoms with E-state index in [-0.39, 0.29) is 11.1 Å². The smallest absolute Gasteiger partial charge is 0.336 e. The fourth-order valence-electron chi connectivity index (χ4n) is 3.81. The first-order valence-electron chi connectivity index (χ1n) is 9.51. The van der Waals surface area contributed by atoms with Crippen LogP contribution in [0.15, 0.2) is 83.3 Å². The van der Waals surface area contributed by atoms with Crippen LogP contribution < -0.4 is 0 Å². The molecule has 0 radical (unpaired) electrons. The van der Waals surface area contributed by atoms with Gasteiger partial charge in [-0.2, -0.15) is 0 Å². The Morgan fingerprint density at radius 1 is 0.742 bits per heavy atom. The SMILES string of the molecule is O=C(O)c1ccccc1-c1ccc(-c2cc(C(=O)O)c3c(ccc4ccccc43)n2)o1. The molecule has 5 aromatic rings. The summed E-state index contributed by atoms with van der Waals surface area (Å²) in [6, 6.07) is 22.6. The number of benzene rings is 3. The van der Waals surface area contributed by atoms with E-state index in [2.05, 4.69) is 4.98 Å². The van der Waals surface area contributed by atoms with Gasteiger partial charge in [0.05, 0.1) is 16.6 Å². The molecule has 6 nitrogen and oxygen atoms in total. The molecule has 2 aromatic heterocycles. The molecule has 5 rings (SSSR count). The molecular weight excluding hydrogens is 394 g/mol. The summed E-state index contributed by atoms with van der Waals surface area (Å²) >= 11 is 0. The second kappa shape index (κ2) is 7.11. The van der Waals surface area contributed by atoms with E-state index in [0.29, 0.717) is 33.7 Å². The molecule has 0 saturated carbocycles. The van der Waals surface area contributed by atoms with E-state index in [0.717, 1.165) is 10.8 Å². The first-order chi connectivity index (χ1) is 15.0. The lowest BCUT2D eigenvalue weighted by Crippen LogP contribution is -2.00. The molecule has 0 aliphatic carbocycles. The van der Waals surface area contributed by atoms with Gasteiger partial charge < -0.3 is 14.6 Å². The van der Waals surface area contributed by atoms with E-state index in [9.17, 15) is 19.8 Å². The molecule has 0 amide bonds. The number of nitrogens with zero attached hydrogens (tertiary/aromatic N) is 1. The minimum atomic E-state index is -1.06. The zero-order valence-corrected chi connectivity index (χ0v) is 16.1. The van der Waals surface area contributed by atoms with E-state index in [4.69, 9.17) is 4.42 Å². The highest BCUT2D eigenvalue weighted by atomic mass is 16.4. The summed E-state index contributed by atoms with van der Waals surface area (Å²) < 4.78 is 5.90. The maximum absolute atomic E-state index is 12.1. The van der Waals surface area contributed by atoms with Crippen LogP contribution in [-0.4, -0.2) is 27.1 Å². The number of aromatic carboxylic acids is 2. The Kier molecular flexibility index (Phi) is 4.26. The summed E-state index contributed by atoms with van der Waals surface area (Å²) in [7, 11) is 0. The molecule has 150 valence electrons. The number of aromatic nitrogens is 1. The maximum atomic E-state index is 12.1. The Hall–Kier alpha value is -4.45. The van der Waals surface area contributed by atoms with Crippen molar-refractivity contribution in [1.29, 1.82) is 0 Å². The fourth-order valence-corrected chi connectivity index (χ4v) is 3.81. The fraction of sp³-hybridized carbons (Fsp3) is 0. The number of furan rings is 1. The Labute approximate surface area is 176 Å². The summed E-state index contributed by atoms with van der Waals surface area (Å²) in [5, 5.41) is 21.6. The topological polar surface area (TPSA) is 101 Å². The molecule has 0 aliphatic heterocycles. The molecule has 0 aliphatic rings. The Morgan fingerprint density at radius 3 is 2.26 bits per heavy atom. The normalized spacial score (nSPS) is 11.1. The Balaban J connectivity index is 1.70. The molecule has 6 heteroatoms. The van der Waals surface area contributed by atoms with Crippen molar-refractivity contribution in [3.63, 3.8) is 0 Å². The van der Waals surface area contributed by atoms with Crippen molar-refractivity contribution in [2.45, 2.75) is 0 Å². The monoisotopic (exact) mass is 409 g/mol. The molecule has 0 spiro atoms. The predicted octanol–water partition coefficient (Wildman–Crippen LogP) is 5.71. The highest BCUT2D eigenvalue weighted by molar-refractivity contribution is 6.15. The summed E-state index contributed by atoms with van der Waals surface area (Å²) in [6.45, 7) is 0. The highest BCUT2D eigenvalue weighted by Gasteiger charge is 2.19. The number of rotatable bonds is 4. The second-order valence-electron chi connectivity index (χ2n) is 7.06. The van der Waals surface area contributed by atoms with Gasteiger partial charge >= 0.3 is 11.9 Å². The second-order valence-corrected chi connectivity index (χ2v) is 7.06. The maximum Gasteiger partial charge on any atom is 0.336 e. The molecule has 0 saturated heterocycles. The van der Waals surface area contributed by atoms with Crippen LogP contribution in [-0.2, 0) is 0 Å². The third-order valence-corrected chi connectivity index (χ3v) is 5.21. The van der Waals surface area contributed by atoms with Gasteiger partial charge in [-0.05, 0) is 41.1 Å². The van der Waals surface area contributed by atoms with E-state index in [1.807, 2.05) is 30.3 Å². The van der Waals surface area contributed by atoms with Crippen LogP contribution in [0.2, 0.25) is 0 Å². The lowest BCUT2D eigenvalue weighted by atomic mass is 10.00. The van der Waals surface area contributed by atoms with Crippen LogP contribution >= 0.6 is 0 Å². The largest absolute Gasteiger partial charge is 0.478 e. The zero-order chi connectivity index (χ0) is 21.5. The number of carboxylic acids is 2. The van der Waals surface area contributed by atoms with Gasteiger partial charge in [0.1, 0.15) is 11.5 Å². The molecule has 2 N–H and O–H groups in total. The van der Waals surface area contributed by atoms with Crippen molar-refractivity contribution in [3.8, 4) is 22.8 Å². The lowest BCUT2D eigenvalue weighted by molar-refractivity contribution is 0.0687. The lowest BCUT2D eigenvalue weighted by Gasteiger charge is -2.09. The van der Waals surface area contributed by atoms with Crippen LogP contribution in [0.3, 0.4) is 0 Å². The Morgan fingerprint density at radius 2 is 1.45 bits per heavy atom. The van der Waals surface area contributed by atoms with Crippen molar-refractivity contribution in [3.05, 3.63) is 90.0 Å². The van der Waals surface area contributed by atoms with Crippen LogP contribution in [0.5, 0.6) is 0 Å². The third-order valence-electron chi connectivity index (χ3n) is 5.21. The van der Waals surface area contributed by atoms with E-state index in [1.54, 1.807) is 36.4 Å². The van der Waals surface area contributed by atoms with Crippen LogP contribution in [0.4, 0.5) is 0 Å². The van der Waals surface area contributed by atoms with E-state index >= 15 is 0 Å². The van der Waals surface area contributed by atoms with Gasteiger partial charge in [0.2, 0.25) is 0 Å². The number of hydrogen-bond acceptors (Lipinski definition) is 4. The molecule has 0 fully saturated rings. The van der Waals surface area contributed by atoms with Crippen molar-refractivity contribution < 1.29 is 24.2 Å². The molecular formula is C25H15NO5. The Bertz CT molecular complexity index is 1500. The van der Waals surface area contributed by atoms with Gasteiger partial charge in [0.15, 0.2) is 5.76 Å². The quantitative estimate of drug-likeness (QED) is 0.369. The number of hydrogen-bond donors (Lipinski definition) is 2. The number of fused-ring (bicyclic) bond motifs is 3. The van der Waals surface area contributed by atoms with Crippen molar-refractivity contribution >= 4 is 33.6 Å².